The van der Waals surface area contributed by atoms with Crippen LogP contribution in [0.15, 0.2) is 30.9 Å². The fourth-order valence-electron chi connectivity index (χ4n) is 1.90. The van der Waals surface area contributed by atoms with Crippen molar-refractivity contribution >= 4 is 5.78 Å². The van der Waals surface area contributed by atoms with Crippen molar-refractivity contribution in [1.82, 2.24) is 5.32 Å². The number of hydrogen-bond donors (Lipinski definition) is 1. The SMILES string of the molecule is C=CCC(=O)c1ccc2c(c1)CNCC2. The Balaban J connectivity index is 2.27. The summed E-state index contributed by atoms with van der Waals surface area (Å²) < 4.78 is 0. The third kappa shape index (κ3) is 2.16. The molecule has 0 amide bonds. The number of ketones is 1. The lowest BCUT2D eigenvalue weighted by molar-refractivity contribution is 0.0996. The van der Waals surface area contributed by atoms with Crippen molar-refractivity contribution in [2.24, 2.45) is 0 Å². The molecule has 0 radical (unpaired) electrons. The molecule has 15 heavy (non-hydrogen) atoms. The first-order valence-corrected chi connectivity index (χ1v) is 5.28. The number of Topliss-reactive ketones (excluding diaryl/α,β-unsaturated/α-hetero) is 1. The highest BCUT2D eigenvalue weighted by atomic mass is 16.1. The monoisotopic (exact) mass is 201 g/mol. The lowest BCUT2D eigenvalue weighted by atomic mass is 9.96. The smallest absolute Gasteiger partial charge is 0.166 e. The third-order valence-corrected chi connectivity index (χ3v) is 2.74. The third-order valence-electron chi connectivity index (χ3n) is 2.74. The first-order valence-electron chi connectivity index (χ1n) is 5.28. The van der Waals surface area contributed by atoms with Crippen LogP contribution in [0.5, 0.6) is 0 Å². The predicted molar refractivity (Wildman–Crippen MR) is 61.0 cm³/mol. The molecule has 2 nitrogen and oxygen atoms in total. The average Bonchev–Trinajstić information content (AvgIpc) is 2.29. The van der Waals surface area contributed by atoms with Gasteiger partial charge in [0.15, 0.2) is 5.78 Å². The van der Waals surface area contributed by atoms with Crippen LogP contribution in [-0.4, -0.2) is 12.3 Å². The van der Waals surface area contributed by atoms with E-state index < -0.39 is 0 Å². The van der Waals surface area contributed by atoms with Gasteiger partial charge in [-0.25, -0.2) is 0 Å². The van der Waals surface area contributed by atoms with E-state index in [1.807, 2.05) is 12.1 Å². The number of nitrogens with one attached hydrogen (secondary N) is 1. The summed E-state index contributed by atoms with van der Waals surface area (Å²) >= 11 is 0. The summed E-state index contributed by atoms with van der Waals surface area (Å²) in [6.45, 7) is 5.49. The van der Waals surface area contributed by atoms with Crippen LogP contribution >= 0.6 is 0 Å². The predicted octanol–water partition coefficient (Wildman–Crippen LogP) is 2.09. The number of carbonyl (C=O) groups is 1. The summed E-state index contributed by atoms with van der Waals surface area (Å²) in [6, 6.07) is 6.01. The van der Waals surface area contributed by atoms with Crippen molar-refractivity contribution in [3.63, 3.8) is 0 Å². The molecule has 0 bridgehead atoms. The van der Waals surface area contributed by atoms with Gasteiger partial charge in [-0.1, -0.05) is 18.2 Å². The Morgan fingerprint density at radius 3 is 3.13 bits per heavy atom. The summed E-state index contributed by atoms with van der Waals surface area (Å²) in [6.07, 6.45) is 3.14. The van der Waals surface area contributed by atoms with Gasteiger partial charge < -0.3 is 5.32 Å². The quantitative estimate of drug-likeness (QED) is 0.599. The zero-order valence-electron chi connectivity index (χ0n) is 8.75. The summed E-state index contributed by atoms with van der Waals surface area (Å²) in [5.74, 6) is 0.151. The second kappa shape index (κ2) is 4.41. The van der Waals surface area contributed by atoms with Gasteiger partial charge in [-0.05, 0) is 30.2 Å². The molecule has 1 aromatic rings. The molecule has 0 fully saturated rings. The number of allylic oxidation sites excluding steroid dienone is 1. The molecule has 1 aromatic carbocycles. The Morgan fingerprint density at radius 1 is 1.47 bits per heavy atom. The summed E-state index contributed by atoms with van der Waals surface area (Å²) in [4.78, 5) is 11.6. The molecule has 1 heterocycles. The summed E-state index contributed by atoms with van der Waals surface area (Å²) in [5, 5.41) is 3.31. The summed E-state index contributed by atoms with van der Waals surface area (Å²) in [5.41, 5.74) is 3.43. The molecule has 0 saturated carbocycles. The number of fused-ring (bicyclic) bond motifs is 1. The van der Waals surface area contributed by atoms with Gasteiger partial charge in [-0.15, -0.1) is 6.58 Å². The lowest BCUT2D eigenvalue weighted by Crippen LogP contribution is -2.23. The van der Waals surface area contributed by atoms with Crippen LogP contribution in [0, 0.1) is 0 Å². The maximum atomic E-state index is 11.6. The molecule has 0 unspecified atom stereocenters. The lowest BCUT2D eigenvalue weighted by Gasteiger charge is -2.17. The van der Waals surface area contributed by atoms with E-state index >= 15 is 0 Å². The molecule has 2 heteroatoms. The molecule has 1 aliphatic rings. The van der Waals surface area contributed by atoms with Gasteiger partial charge in [0.1, 0.15) is 0 Å². The van der Waals surface area contributed by atoms with Crippen LogP contribution in [0.3, 0.4) is 0 Å². The van der Waals surface area contributed by atoms with Crippen LogP contribution in [0.25, 0.3) is 0 Å². The van der Waals surface area contributed by atoms with Crippen LogP contribution in [0.1, 0.15) is 27.9 Å². The van der Waals surface area contributed by atoms with Crippen LogP contribution in [0.4, 0.5) is 0 Å². The van der Waals surface area contributed by atoms with Gasteiger partial charge in [0, 0.05) is 18.5 Å². The Bertz CT molecular complexity index is 396. The van der Waals surface area contributed by atoms with Gasteiger partial charge in [-0.2, -0.15) is 0 Å². The first kappa shape index (κ1) is 10.1. The molecular weight excluding hydrogens is 186 g/mol. The maximum Gasteiger partial charge on any atom is 0.166 e. The molecular formula is C13H15NO. The van der Waals surface area contributed by atoms with Crippen molar-refractivity contribution in [2.75, 3.05) is 6.54 Å². The molecule has 1 N–H and O–H groups in total. The first-order chi connectivity index (χ1) is 7.31. The van der Waals surface area contributed by atoms with E-state index in [4.69, 9.17) is 0 Å². The standard InChI is InChI=1S/C13H15NO/c1-2-3-13(15)11-5-4-10-6-7-14-9-12(10)8-11/h2,4-5,8,14H,1,3,6-7,9H2. The minimum atomic E-state index is 0.151. The normalized spacial score (nSPS) is 14.4. The Kier molecular flexibility index (Phi) is 2.97. The van der Waals surface area contributed by atoms with Crippen molar-refractivity contribution in [1.29, 1.82) is 0 Å². The number of rotatable bonds is 3. The van der Waals surface area contributed by atoms with Crippen molar-refractivity contribution < 1.29 is 4.79 Å². The topological polar surface area (TPSA) is 29.1 Å². The highest BCUT2D eigenvalue weighted by molar-refractivity contribution is 5.97. The highest BCUT2D eigenvalue weighted by Crippen LogP contribution is 2.16. The van der Waals surface area contributed by atoms with E-state index in [1.165, 1.54) is 11.1 Å². The second-order valence-electron chi connectivity index (χ2n) is 3.83. The highest BCUT2D eigenvalue weighted by Gasteiger charge is 2.11. The summed E-state index contributed by atoms with van der Waals surface area (Å²) in [7, 11) is 0. The molecule has 0 aliphatic carbocycles. The van der Waals surface area contributed by atoms with E-state index in [0.717, 1.165) is 25.1 Å². The minimum Gasteiger partial charge on any atom is -0.312 e. The van der Waals surface area contributed by atoms with Crippen LogP contribution in [0.2, 0.25) is 0 Å². The fraction of sp³-hybridized carbons (Fsp3) is 0.308. The Labute approximate surface area is 90.0 Å². The van der Waals surface area contributed by atoms with E-state index in [9.17, 15) is 4.79 Å². The van der Waals surface area contributed by atoms with Crippen molar-refractivity contribution in [3.8, 4) is 0 Å². The van der Waals surface area contributed by atoms with Gasteiger partial charge >= 0.3 is 0 Å². The van der Waals surface area contributed by atoms with E-state index in [1.54, 1.807) is 6.08 Å². The van der Waals surface area contributed by atoms with Gasteiger partial charge in [0.05, 0.1) is 0 Å². The molecule has 2 rings (SSSR count). The number of benzene rings is 1. The fourth-order valence-corrected chi connectivity index (χ4v) is 1.90. The zero-order valence-corrected chi connectivity index (χ0v) is 8.75. The van der Waals surface area contributed by atoms with Gasteiger partial charge in [0.2, 0.25) is 0 Å². The molecule has 0 saturated heterocycles. The molecule has 0 spiro atoms. The van der Waals surface area contributed by atoms with Crippen LogP contribution < -0.4 is 5.32 Å². The van der Waals surface area contributed by atoms with E-state index in [0.29, 0.717) is 6.42 Å². The average molecular weight is 201 g/mol. The van der Waals surface area contributed by atoms with Crippen molar-refractivity contribution in [3.05, 3.63) is 47.5 Å². The van der Waals surface area contributed by atoms with E-state index in [2.05, 4.69) is 18.0 Å². The van der Waals surface area contributed by atoms with Crippen molar-refractivity contribution in [2.45, 2.75) is 19.4 Å². The number of carbonyl (C=O) groups excluding carboxylic acids is 1. The number of hydrogen-bond acceptors (Lipinski definition) is 2. The van der Waals surface area contributed by atoms with E-state index in [-0.39, 0.29) is 5.78 Å². The van der Waals surface area contributed by atoms with Gasteiger partial charge in [0.25, 0.3) is 0 Å². The zero-order chi connectivity index (χ0) is 10.7. The molecule has 78 valence electrons. The largest absolute Gasteiger partial charge is 0.312 e. The maximum absolute atomic E-state index is 11.6. The minimum absolute atomic E-state index is 0.151. The van der Waals surface area contributed by atoms with Crippen LogP contribution in [-0.2, 0) is 13.0 Å². The second-order valence-corrected chi connectivity index (χ2v) is 3.83. The molecule has 0 atom stereocenters. The van der Waals surface area contributed by atoms with Gasteiger partial charge in [-0.3, -0.25) is 4.79 Å². The Morgan fingerprint density at radius 2 is 2.33 bits per heavy atom. The molecule has 1 aliphatic heterocycles. The Hall–Kier alpha value is -1.41. The molecule has 0 aromatic heterocycles.